The number of aliphatic hydroxyl groups is 1. The van der Waals surface area contributed by atoms with Crippen molar-refractivity contribution in [1.82, 2.24) is 4.90 Å². The molecule has 6 heteroatoms. The highest BCUT2D eigenvalue weighted by atomic mass is 16.6. The normalized spacial score (nSPS) is 15.5. The maximum Gasteiger partial charge on any atom is 0.410 e. The van der Waals surface area contributed by atoms with Gasteiger partial charge in [0, 0.05) is 32.7 Å². The molecular weight excluding hydrogens is 358 g/mol. The Morgan fingerprint density at radius 1 is 1.29 bits per heavy atom. The summed E-state index contributed by atoms with van der Waals surface area (Å²) in [7, 11) is 1.55. The summed E-state index contributed by atoms with van der Waals surface area (Å²) in [5, 5.41) is 10.2. The van der Waals surface area contributed by atoms with Crippen molar-refractivity contribution >= 4 is 6.09 Å². The fraction of sp³-hybridized carbons (Fsp3) is 0.682. The Balaban J connectivity index is 4.35. The number of nitrogens with zero attached hydrogens (tertiary/aromatic N) is 1. The molecule has 0 bridgehead atoms. The van der Waals surface area contributed by atoms with Gasteiger partial charge >= 0.3 is 6.09 Å². The summed E-state index contributed by atoms with van der Waals surface area (Å²) in [5.41, 5.74) is 0.504. The van der Waals surface area contributed by atoms with E-state index in [2.05, 4.69) is 13.2 Å². The van der Waals surface area contributed by atoms with Crippen molar-refractivity contribution < 1.29 is 24.1 Å². The van der Waals surface area contributed by atoms with Crippen LogP contribution in [0.3, 0.4) is 0 Å². The maximum absolute atomic E-state index is 12.2. The Labute approximate surface area is 170 Å². The van der Waals surface area contributed by atoms with Gasteiger partial charge in [0.2, 0.25) is 0 Å². The number of ether oxygens (including phenoxy) is 3. The van der Waals surface area contributed by atoms with E-state index in [0.717, 1.165) is 5.57 Å². The maximum atomic E-state index is 12.2. The average molecular weight is 398 g/mol. The van der Waals surface area contributed by atoms with E-state index < -0.39 is 17.8 Å². The highest BCUT2D eigenvalue weighted by Gasteiger charge is 2.22. The molecule has 6 nitrogen and oxygen atoms in total. The SMILES string of the molecule is C=CCN(CCCOC/C(C)=C\[C@@H](C)[C@H](O)C(C=C)OC)C(=O)OC(C)(C)C. The Morgan fingerprint density at radius 2 is 1.93 bits per heavy atom. The lowest BCUT2D eigenvalue weighted by Gasteiger charge is -2.26. The van der Waals surface area contributed by atoms with Crippen LogP contribution in [0.4, 0.5) is 4.79 Å². The van der Waals surface area contributed by atoms with Crippen LogP contribution < -0.4 is 0 Å². The van der Waals surface area contributed by atoms with E-state index >= 15 is 0 Å². The monoisotopic (exact) mass is 397 g/mol. The molecule has 0 aliphatic rings. The van der Waals surface area contributed by atoms with E-state index in [1.165, 1.54) is 0 Å². The molecule has 0 aliphatic heterocycles. The van der Waals surface area contributed by atoms with Crippen LogP contribution >= 0.6 is 0 Å². The number of aliphatic hydroxyl groups excluding tert-OH is 1. The Kier molecular flexibility index (Phi) is 12.7. The molecule has 1 N–H and O–H groups in total. The van der Waals surface area contributed by atoms with E-state index in [1.54, 1.807) is 24.2 Å². The van der Waals surface area contributed by atoms with Crippen molar-refractivity contribution in [3.05, 3.63) is 37.0 Å². The zero-order valence-electron chi connectivity index (χ0n) is 18.4. The van der Waals surface area contributed by atoms with Gasteiger partial charge in [-0.3, -0.25) is 0 Å². The number of methoxy groups -OCH3 is 1. The summed E-state index contributed by atoms with van der Waals surface area (Å²) in [4.78, 5) is 13.8. The van der Waals surface area contributed by atoms with E-state index in [-0.39, 0.29) is 12.0 Å². The summed E-state index contributed by atoms with van der Waals surface area (Å²) in [6.45, 7) is 18.7. The largest absolute Gasteiger partial charge is 0.444 e. The smallest absolute Gasteiger partial charge is 0.410 e. The number of carbonyl (C=O) groups is 1. The van der Waals surface area contributed by atoms with Gasteiger partial charge < -0.3 is 24.2 Å². The highest BCUT2D eigenvalue weighted by Crippen LogP contribution is 2.15. The van der Waals surface area contributed by atoms with Crippen LogP contribution in [0.25, 0.3) is 0 Å². The quantitative estimate of drug-likeness (QED) is 0.376. The number of amides is 1. The number of rotatable bonds is 13. The number of carbonyl (C=O) groups excluding carboxylic acids is 1. The first-order valence-electron chi connectivity index (χ1n) is 9.73. The summed E-state index contributed by atoms with van der Waals surface area (Å²) < 4.78 is 16.3. The zero-order chi connectivity index (χ0) is 21.7. The van der Waals surface area contributed by atoms with Crippen molar-refractivity contribution in [2.75, 3.05) is 33.4 Å². The van der Waals surface area contributed by atoms with Gasteiger partial charge in [0.15, 0.2) is 0 Å². The molecule has 0 aromatic heterocycles. The third-order valence-corrected chi connectivity index (χ3v) is 3.97. The van der Waals surface area contributed by atoms with Crippen LogP contribution in [-0.4, -0.2) is 67.3 Å². The molecule has 0 aliphatic carbocycles. The minimum Gasteiger partial charge on any atom is -0.444 e. The lowest BCUT2D eigenvalue weighted by atomic mass is 9.97. The summed E-state index contributed by atoms with van der Waals surface area (Å²) in [6, 6.07) is 0. The van der Waals surface area contributed by atoms with Gasteiger partial charge in [-0.15, -0.1) is 13.2 Å². The standard InChI is InChI=1S/C22H39NO5/c1-9-12-23(21(25)28-22(5,6)7)13-11-14-27-16-17(3)15-18(4)20(24)19(10-2)26-8/h9-10,15,18-20,24H,1-2,11-14,16H2,3-8H3/b17-15-/t18-,19?,20+/m1/s1. The van der Waals surface area contributed by atoms with Crippen molar-refractivity contribution in [1.29, 1.82) is 0 Å². The van der Waals surface area contributed by atoms with Crippen LogP contribution in [0.2, 0.25) is 0 Å². The van der Waals surface area contributed by atoms with Crippen molar-refractivity contribution in [2.24, 2.45) is 5.92 Å². The summed E-state index contributed by atoms with van der Waals surface area (Å²) >= 11 is 0. The van der Waals surface area contributed by atoms with Crippen LogP contribution in [0.5, 0.6) is 0 Å². The van der Waals surface area contributed by atoms with Gasteiger partial charge in [-0.2, -0.15) is 0 Å². The second-order valence-electron chi connectivity index (χ2n) is 7.92. The first-order valence-corrected chi connectivity index (χ1v) is 9.73. The summed E-state index contributed by atoms with van der Waals surface area (Å²) in [5.74, 6) is -0.0817. The minimum absolute atomic E-state index is 0.0817. The third-order valence-electron chi connectivity index (χ3n) is 3.97. The lowest BCUT2D eigenvalue weighted by Crippen LogP contribution is -2.37. The average Bonchev–Trinajstić information content (AvgIpc) is 2.59. The molecular formula is C22H39NO5. The lowest BCUT2D eigenvalue weighted by molar-refractivity contribution is -0.00170. The molecule has 0 aromatic rings. The molecule has 0 heterocycles. The fourth-order valence-electron chi connectivity index (χ4n) is 2.60. The molecule has 0 saturated carbocycles. The van der Waals surface area contributed by atoms with Gasteiger partial charge in [-0.05, 0) is 34.1 Å². The van der Waals surface area contributed by atoms with Crippen LogP contribution in [-0.2, 0) is 14.2 Å². The van der Waals surface area contributed by atoms with Gasteiger partial charge in [0.05, 0.1) is 12.7 Å². The molecule has 0 radical (unpaired) electrons. The van der Waals surface area contributed by atoms with Gasteiger partial charge in [-0.25, -0.2) is 4.79 Å². The predicted octanol–water partition coefficient (Wildman–Crippen LogP) is 3.96. The molecule has 1 unspecified atom stereocenters. The van der Waals surface area contributed by atoms with E-state index in [1.807, 2.05) is 40.7 Å². The van der Waals surface area contributed by atoms with E-state index in [9.17, 15) is 9.90 Å². The van der Waals surface area contributed by atoms with Crippen molar-refractivity contribution in [2.45, 2.75) is 58.8 Å². The molecule has 0 fully saturated rings. The predicted molar refractivity (Wildman–Crippen MR) is 113 cm³/mol. The first kappa shape index (κ1) is 26.4. The topological polar surface area (TPSA) is 68.2 Å². The number of hydrogen-bond donors (Lipinski definition) is 1. The Bertz CT molecular complexity index is 510. The zero-order valence-corrected chi connectivity index (χ0v) is 18.4. The van der Waals surface area contributed by atoms with Crippen molar-refractivity contribution in [3.63, 3.8) is 0 Å². The van der Waals surface area contributed by atoms with Crippen LogP contribution in [0, 0.1) is 5.92 Å². The Hall–Kier alpha value is -1.63. The molecule has 1 amide bonds. The van der Waals surface area contributed by atoms with Gasteiger partial charge in [0.25, 0.3) is 0 Å². The third kappa shape index (κ3) is 11.3. The molecule has 28 heavy (non-hydrogen) atoms. The molecule has 0 spiro atoms. The molecule has 0 saturated heterocycles. The fourth-order valence-corrected chi connectivity index (χ4v) is 2.60. The summed E-state index contributed by atoms with van der Waals surface area (Å²) in [6.07, 6.45) is 4.55. The molecule has 3 atom stereocenters. The second kappa shape index (κ2) is 13.5. The molecule has 0 rings (SSSR count). The van der Waals surface area contributed by atoms with Crippen LogP contribution in [0.15, 0.2) is 37.0 Å². The van der Waals surface area contributed by atoms with Gasteiger partial charge in [-0.1, -0.05) is 30.7 Å². The van der Waals surface area contributed by atoms with E-state index in [0.29, 0.717) is 32.7 Å². The second-order valence-corrected chi connectivity index (χ2v) is 7.92. The van der Waals surface area contributed by atoms with Crippen LogP contribution in [0.1, 0.15) is 41.0 Å². The van der Waals surface area contributed by atoms with Crippen molar-refractivity contribution in [3.8, 4) is 0 Å². The molecule has 0 aromatic carbocycles. The minimum atomic E-state index is -0.654. The number of hydrogen-bond acceptors (Lipinski definition) is 5. The first-order chi connectivity index (χ1) is 13.1. The van der Waals surface area contributed by atoms with Gasteiger partial charge in [0.1, 0.15) is 11.7 Å². The van der Waals surface area contributed by atoms with E-state index in [4.69, 9.17) is 14.2 Å². The highest BCUT2D eigenvalue weighted by molar-refractivity contribution is 5.68. The Morgan fingerprint density at radius 3 is 2.43 bits per heavy atom. The molecule has 162 valence electrons.